The molecule has 6 heteroatoms. The molecule has 5 nitrogen and oxygen atoms in total. The SMILES string of the molecule is O=C(Cc1ccccc1)ONS(=O)[O-]. The molecule has 1 aromatic rings. The van der Waals surface area contributed by atoms with E-state index in [-0.39, 0.29) is 6.42 Å². The molecule has 0 saturated heterocycles. The Bertz CT molecular complexity index is 327. The van der Waals surface area contributed by atoms with Gasteiger partial charge < -0.3 is 9.39 Å². The first kappa shape index (κ1) is 10.8. The monoisotopic (exact) mass is 214 g/mol. The summed E-state index contributed by atoms with van der Waals surface area (Å²) in [6.45, 7) is 0. The minimum absolute atomic E-state index is 0.0328. The van der Waals surface area contributed by atoms with Crippen LogP contribution in [0.5, 0.6) is 0 Å². The summed E-state index contributed by atoms with van der Waals surface area (Å²) in [7, 11) is 0. The summed E-state index contributed by atoms with van der Waals surface area (Å²) in [6, 6.07) is 8.87. The molecule has 0 bridgehead atoms. The van der Waals surface area contributed by atoms with Crippen LogP contribution in [0.4, 0.5) is 0 Å². The number of hydrogen-bond acceptors (Lipinski definition) is 4. The summed E-state index contributed by atoms with van der Waals surface area (Å²) < 4.78 is 19.9. The Morgan fingerprint density at radius 2 is 2.07 bits per heavy atom. The van der Waals surface area contributed by atoms with E-state index in [1.165, 1.54) is 4.89 Å². The molecule has 1 atom stereocenters. The quantitative estimate of drug-likeness (QED) is 0.568. The van der Waals surface area contributed by atoms with Crippen LogP contribution in [0.3, 0.4) is 0 Å². The molecule has 0 saturated carbocycles. The van der Waals surface area contributed by atoms with E-state index in [1.807, 2.05) is 6.07 Å². The van der Waals surface area contributed by atoms with E-state index in [0.29, 0.717) is 0 Å². The predicted molar refractivity (Wildman–Crippen MR) is 48.3 cm³/mol. The van der Waals surface area contributed by atoms with Crippen LogP contribution in [-0.4, -0.2) is 14.7 Å². The smallest absolute Gasteiger partial charge is 0.330 e. The summed E-state index contributed by atoms with van der Waals surface area (Å²) in [4.78, 5) is 16.7. The van der Waals surface area contributed by atoms with Crippen LogP contribution in [0.2, 0.25) is 0 Å². The molecule has 0 heterocycles. The predicted octanol–water partition coefficient (Wildman–Crippen LogP) is 0.0710. The third-order valence-electron chi connectivity index (χ3n) is 1.41. The molecule has 0 aromatic heterocycles. The van der Waals surface area contributed by atoms with Gasteiger partial charge in [0.2, 0.25) is 0 Å². The average molecular weight is 214 g/mol. The van der Waals surface area contributed by atoms with Crippen molar-refractivity contribution in [3.05, 3.63) is 35.9 Å². The van der Waals surface area contributed by atoms with Crippen molar-refractivity contribution in [1.82, 2.24) is 4.89 Å². The van der Waals surface area contributed by atoms with Crippen molar-refractivity contribution in [2.75, 3.05) is 0 Å². The Morgan fingerprint density at radius 3 is 2.64 bits per heavy atom. The van der Waals surface area contributed by atoms with Crippen LogP contribution < -0.4 is 4.89 Å². The molecule has 0 fully saturated rings. The first-order chi connectivity index (χ1) is 6.68. The lowest BCUT2D eigenvalue weighted by atomic mass is 10.2. The zero-order valence-corrected chi connectivity index (χ0v) is 7.95. The van der Waals surface area contributed by atoms with E-state index >= 15 is 0 Å². The van der Waals surface area contributed by atoms with Gasteiger partial charge in [0.15, 0.2) is 0 Å². The highest BCUT2D eigenvalue weighted by molar-refractivity contribution is 7.76. The first-order valence-corrected chi connectivity index (χ1v) is 4.84. The topological polar surface area (TPSA) is 78.5 Å². The highest BCUT2D eigenvalue weighted by Gasteiger charge is 2.03. The molecule has 14 heavy (non-hydrogen) atoms. The summed E-state index contributed by atoms with van der Waals surface area (Å²) >= 11 is -2.59. The fourth-order valence-electron chi connectivity index (χ4n) is 0.879. The number of benzene rings is 1. The van der Waals surface area contributed by atoms with Crippen molar-refractivity contribution in [3.63, 3.8) is 0 Å². The third-order valence-corrected chi connectivity index (χ3v) is 1.63. The van der Waals surface area contributed by atoms with Crippen molar-refractivity contribution >= 4 is 17.2 Å². The fourth-order valence-corrected chi connectivity index (χ4v) is 1.04. The molecular weight excluding hydrogens is 206 g/mol. The second kappa shape index (κ2) is 5.48. The first-order valence-electron chi connectivity index (χ1n) is 3.77. The van der Waals surface area contributed by atoms with Gasteiger partial charge in [-0.3, -0.25) is 4.21 Å². The molecule has 1 unspecified atom stereocenters. The van der Waals surface area contributed by atoms with Gasteiger partial charge in [-0.05, 0) is 5.56 Å². The maximum Gasteiger partial charge on any atom is 0.330 e. The van der Waals surface area contributed by atoms with Gasteiger partial charge in [0, 0.05) is 0 Å². The third kappa shape index (κ3) is 4.13. The van der Waals surface area contributed by atoms with Crippen LogP contribution in [0.1, 0.15) is 5.56 Å². The van der Waals surface area contributed by atoms with E-state index in [2.05, 4.69) is 4.84 Å². The molecule has 1 rings (SSSR count). The van der Waals surface area contributed by atoms with E-state index in [9.17, 15) is 13.6 Å². The molecule has 0 amide bonds. The van der Waals surface area contributed by atoms with Crippen LogP contribution in [0.25, 0.3) is 0 Å². The van der Waals surface area contributed by atoms with Gasteiger partial charge in [-0.25, -0.2) is 4.79 Å². The van der Waals surface area contributed by atoms with Gasteiger partial charge in [0.05, 0.1) is 17.7 Å². The van der Waals surface area contributed by atoms with Gasteiger partial charge in [0.1, 0.15) is 0 Å². The Morgan fingerprint density at radius 1 is 1.43 bits per heavy atom. The number of carbonyl (C=O) groups is 1. The minimum atomic E-state index is -2.59. The van der Waals surface area contributed by atoms with Gasteiger partial charge in [-0.1, -0.05) is 35.2 Å². The van der Waals surface area contributed by atoms with Gasteiger partial charge in [0.25, 0.3) is 0 Å². The summed E-state index contributed by atoms with van der Waals surface area (Å²) in [6.07, 6.45) is 0.0328. The number of nitrogens with one attached hydrogen (secondary N) is 1. The molecule has 1 aromatic carbocycles. The van der Waals surface area contributed by atoms with E-state index in [1.54, 1.807) is 24.3 Å². The van der Waals surface area contributed by atoms with Crippen LogP contribution in [-0.2, 0) is 27.3 Å². The van der Waals surface area contributed by atoms with E-state index in [4.69, 9.17) is 0 Å². The Hall–Kier alpha value is -1.24. The Kier molecular flexibility index (Phi) is 4.24. The molecule has 0 radical (unpaired) electrons. The maximum atomic E-state index is 11.0. The molecule has 0 aliphatic heterocycles. The normalized spacial score (nSPS) is 12.1. The highest BCUT2D eigenvalue weighted by atomic mass is 32.2. The largest absolute Gasteiger partial charge is 0.758 e. The van der Waals surface area contributed by atoms with Crippen molar-refractivity contribution in [1.29, 1.82) is 0 Å². The van der Waals surface area contributed by atoms with Crippen LogP contribution in [0.15, 0.2) is 30.3 Å². The molecule has 0 aliphatic rings. The van der Waals surface area contributed by atoms with Crippen molar-refractivity contribution in [3.8, 4) is 0 Å². The lowest BCUT2D eigenvalue weighted by Crippen LogP contribution is -2.22. The lowest BCUT2D eigenvalue weighted by Gasteiger charge is -2.06. The summed E-state index contributed by atoms with van der Waals surface area (Å²) in [5.41, 5.74) is 0.760. The number of rotatable bonds is 4. The standard InChI is InChI=1S/C8H9NO4S/c10-8(13-9-14(11)12)6-7-4-2-1-3-5-7/h1-5,9H,6H2,(H,11,12)/p-1. The molecule has 76 valence electrons. The van der Waals surface area contributed by atoms with Crippen molar-refractivity contribution in [2.45, 2.75) is 6.42 Å². The Balaban J connectivity index is 2.38. The maximum absolute atomic E-state index is 11.0. The van der Waals surface area contributed by atoms with Crippen LogP contribution >= 0.6 is 0 Å². The molecule has 0 aliphatic carbocycles. The van der Waals surface area contributed by atoms with Crippen molar-refractivity contribution < 1.29 is 18.4 Å². The molecular formula is C8H8NO4S-. The van der Waals surface area contributed by atoms with E-state index < -0.39 is 17.2 Å². The summed E-state index contributed by atoms with van der Waals surface area (Å²) in [5.74, 6) is -0.652. The molecule has 1 N–H and O–H groups in total. The zero-order chi connectivity index (χ0) is 10.4. The van der Waals surface area contributed by atoms with Crippen LogP contribution in [0, 0.1) is 0 Å². The van der Waals surface area contributed by atoms with E-state index in [0.717, 1.165) is 5.56 Å². The highest BCUT2D eigenvalue weighted by Crippen LogP contribution is 1.99. The van der Waals surface area contributed by atoms with Gasteiger partial charge in [-0.2, -0.15) is 0 Å². The lowest BCUT2D eigenvalue weighted by molar-refractivity contribution is -0.146. The van der Waals surface area contributed by atoms with Gasteiger partial charge in [-0.15, -0.1) is 0 Å². The number of hydrogen-bond donors (Lipinski definition) is 1. The average Bonchev–Trinajstić information content (AvgIpc) is 2.16. The second-order valence-corrected chi connectivity index (χ2v) is 3.09. The van der Waals surface area contributed by atoms with Gasteiger partial charge >= 0.3 is 5.97 Å². The molecule has 0 spiro atoms. The fraction of sp³-hybridized carbons (Fsp3) is 0.125. The minimum Gasteiger partial charge on any atom is -0.758 e. The van der Waals surface area contributed by atoms with Crippen molar-refractivity contribution in [2.24, 2.45) is 0 Å². The Labute approximate surface area is 83.5 Å². The number of carbonyl (C=O) groups excluding carboxylic acids is 1. The second-order valence-electron chi connectivity index (χ2n) is 2.45. The summed E-state index contributed by atoms with van der Waals surface area (Å²) in [5, 5.41) is 0. The zero-order valence-electron chi connectivity index (χ0n) is 7.14.